The molecule has 168 valence electrons. The van der Waals surface area contributed by atoms with E-state index in [9.17, 15) is 21.6 Å². The van der Waals surface area contributed by atoms with Crippen molar-refractivity contribution in [2.75, 3.05) is 0 Å². The summed E-state index contributed by atoms with van der Waals surface area (Å²) >= 11 is 0. The van der Waals surface area contributed by atoms with Gasteiger partial charge in [-0.3, -0.25) is 4.68 Å². The Morgan fingerprint density at radius 2 is 1.79 bits per heavy atom. The lowest BCUT2D eigenvalue weighted by Crippen LogP contribution is -2.11. The van der Waals surface area contributed by atoms with Crippen LogP contribution in [0.2, 0.25) is 0 Å². The van der Waals surface area contributed by atoms with Gasteiger partial charge in [-0.15, -0.1) is 0 Å². The molecule has 0 aliphatic carbocycles. The first-order valence-electron chi connectivity index (χ1n) is 9.34. The Hall–Kier alpha value is -3.88. The van der Waals surface area contributed by atoms with E-state index in [-0.39, 0.29) is 4.90 Å². The first kappa shape index (κ1) is 22.3. The molecular formula is C22H15F3N4O3S. The summed E-state index contributed by atoms with van der Waals surface area (Å²) in [4.78, 5) is -0.0582. The fourth-order valence-electron chi connectivity index (χ4n) is 3.06. The third kappa shape index (κ3) is 4.82. The van der Waals surface area contributed by atoms with Crippen LogP contribution < -0.4 is 5.14 Å². The molecule has 0 aliphatic rings. The van der Waals surface area contributed by atoms with E-state index in [0.717, 1.165) is 12.1 Å². The summed E-state index contributed by atoms with van der Waals surface area (Å²) in [5, 5.41) is 13.3. The van der Waals surface area contributed by atoms with Crippen LogP contribution in [0.5, 0.6) is 0 Å². The minimum atomic E-state index is -4.43. The van der Waals surface area contributed by atoms with Crippen molar-refractivity contribution in [3.63, 3.8) is 0 Å². The molecular weight excluding hydrogens is 457 g/mol. The molecule has 0 saturated carbocycles. The molecule has 33 heavy (non-hydrogen) atoms. The van der Waals surface area contributed by atoms with Crippen molar-refractivity contribution in [3.05, 3.63) is 77.5 Å². The molecule has 2 heterocycles. The van der Waals surface area contributed by atoms with E-state index in [1.807, 2.05) is 0 Å². The molecule has 2 aromatic heterocycles. The Morgan fingerprint density at radius 3 is 2.45 bits per heavy atom. The fraction of sp³-hybridized carbons (Fsp3) is 0.0909. The van der Waals surface area contributed by atoms with Crippen molar-refractivity contribution in [1.29, 1.82) is 0 Å². The topological polar surface area (TPSA) is 104 Å². The second-order valence-corrected chi connectivity index (χ2v) is 8.57. The zero-order valence-corrected chi connectivity index (χ0v) is 17.8. The number of hydrogen-bond acceptors (Lipinski definition) is 5. The number of aryl methyl sites for hydroxylation is 1. The monoisotopic (exact) mass is 472 g/mol. The molecule has 0 fully saturated rings. The van der Waals surface area contributed by atoms with Gasteiger partial charge in [0.15, 0.2) is 5.76 Å². The first-order valence-corrected chi connectivity index (χ1v) is 10.9. The minimum absolute atomic E-state index is 0.0582. The van der Waals surface area contributed by atoms with Gasteiger partial charge >= 0.3 is 6.18 Å². The van der Waals surface area contributed by atoms with Crippen molar-refractivity contribution in [2.24, 2.45) is 12.2 Å². The summed E-state index contributed by atoms with van der Waals surface area (Å²) in [6.45, 7) is 0. The van der Waals surface area contributed by atoms with E-state index in [1.54, 1.807) is 19.2 Å². The lowest BCUT2D eigenvalue weighted by atomic mass is 10.1. The lowest BCUT2D eigenvalue weighted by Gasteiger charge is -2.06. The van der Waals surface area contributed by atoms with E-state index in [2.05, 4.69) is 22.1 Å². The van der Waals surface area contributed by atoms with E-state index in [0.29, 0.717) is 33.8 Å². The molecule has 0 bridgehead atoms. The number of primary sulfonamides is 1. The highest BCUT2D eigenvalue weighted by Gasteiger charge is 2.30. The Balaban J connectivity index is 1.66. The zero-order chi connectivity index (χ0) is 23.8. The van der Waals surface area contributed by atoms with Crippen LogP contribution >= 0.6 is 0 Å². The molecule has 4 rings (SSSR count). The lowest BCUT2D eigenvalue weighted by molar-refractivity contribution is -0.137. The third-order valence-electron chi connectivity index (χ3n) is 4.69. The maximum atomic E-state index is 12.8. The standard InChI is InChI=1S/C22H15F3N4O3S/c1-29-21(16(13-27-29)6-5-14-3-2-4-18(11-14)33(26,30)31)20-12-19(28-32-20)15-7-9-17(10-8-15)22(23,24)25/h2-4,7-13H,1H3,(H2,26,30,31). The van der Waals surface area contributed by atoms with Gasteiger partial charge in [0.1, 0.15) is 11.4 Å². The molecule has 4 aromatic rings. The van der Waals surface area contributed by atoms with E-state index < -0.39 is 21.8 Å². The average molecular weight is 472 g/mol. The number of hydrogen-bond donors (Lipinski definition) is 1. The third-order valence-corrected chi connectivity index (χ3v) is 5.61. The normalized spacial score (nSPS) is 11.8. The van der Waals surface area contributed by atoms with Gasteiger partial charge in [-0.1, -0.05) is 35.2 Å². The molecule has 11 heteroatoms. The van der Waals surface area contributed by atoms with Gasteiger partial charge in [-0.2, -0.15) is 18.3 Å². The van der Waals surface area contributed by atoms with Crippen molar-refractivity contribution in [1.82, 2.24) is 14.9 Å². The van der Waals surface area contributed by atoms with Crippen molar-refractivity contribution < 1.29 is 26.1 Å². The average Bonchev–Trinajstić information content (AvgIpc) is 3.38. The summed E-state index contributed by atoms with van der Waals surface area (Å²) in [5.74, 6) is 6.10. The molecule has 0 saturated heterocycles. The number of benzene rings is 2. The number of nitrogens with zero attached hydrogens (tertiary/aromatic N) is 3. The van der Waals surface area contributed by atoms with Crippen molar-refractivity contribution in [2.45, 2.75) is 11.1 Å². The molecule has 7 nitrogen and oxygen atoms in total. The highest BCUT2D eigenvalue weighted by Crippen LogP contribution is 2.32. The Bertz CT molecular complexity index is 1490. The van der Waals surface area contributed by atoms with Crippen LogP contribution in [0, 0.1) is 11.8 Å². The van der Waals surface area contributed by atoms with E-state index >= 15 is 0 Å². The van der Waals surface area contributed by atoms with Crippen LogP contribution in [0.1, 0.15) is 16.7 Å². The van der Waals surface area contributed by atoms with Gasteiger partial charge in [0.2, 0.25) is 10.0 Å². The molecule has 0 radical (unpaired) electrons. The number of nitrogens with two attached hydrogens (primary N) is 1. The smallest absolute Gasteiger partial charge is 0.354 e. The Kier molecular flexibility index (Phi) is 5.57. The predicted octanol–water partition coefficient (Wildman–Crippen LogP) is 3.81. The highest BCUT2D eigenvalue weighted by molar-refractivity contribution is 7.89. The Labute approximate surface area is 186 Å². The number of aromatic nitrogens is 3. The van der Waals surface area contributed by atoms with Gasteiger partial charge in [0.25, 0.3) is 0 Å². The number of halogens is 3. The van der Waals surface area contributed by atoms with Crippen LogP contribution in [-0.4, -0.2) is 23.4 Å². The van der Waals surface area contributed by atoms with Crippen LogP contribution in [-0.2, 0) is 23.2 Å². The molecule has 0 amide bonds. The summed E-state index contributed by atoms with van der Waals surface area (Å²) < 4.78 is 68.3. The zero-order valence-electron chi connectivity index (χ0n) is 17.0. The SMILES string of the molecule is Cn1ncc(C#Cc2cccc(S(N)(=O)=O)c2)c1-c1cc(-c2ccc(C(F)(F)F)cc2)no1. The van der Waals surface area contributed by atoms with E-state index in [1.165, 1.54) is 41.2 Å². The molecule has 2 N–H and O–H groups in total. The first-order chi connectivity index (χ1) is 15.5. The van der Waals surface area contributed by atoms with Crippen LogP contribution in [0.3, 0.4) is 0 Å². The van der Waals surface area contributed by atoms with Gasteiger partial charge in [-0.25, -0.2) is 13.6 Å². The molecule has 0 unspecified atom stereocenters. The molecule has 0 atom stereocenters. The fourth-order valence-corrected chi connectivity index (χ4v) is 3.62. The molecule has 0 spiro atoms. The minimum Gasteiger partial charge on any atom is -0.354 e. The summed E-state index contributed by atoms with van der Waals surface area (Å²) in [5.41, 5.74) is 1.45. The largest absolute Gasteiger partial charge is 0.416 e. The molecule has 2 aromatic carbocycles. The highest BCUT2D eigenvalue weighted by atomic mass is 32.2. The predicted molar refractivity (Wildman–Crippen MR) is 113 cm³/mol. The number of sulfonamides is 1. The maximum absolute atomic E-state index is 12.8. The van der Waals surface area contributed by atoms with Gasteiger partial charge in [0.05, 0.1) is 22.2 Å². The van der Waals surface area contributed by atoms with Crippen LogP contribution in [0.4, 0.5) is 13.2 Å². The summed E-state index contributed by atoms with van der Waals surface area (Å²) in [6, 6.07) is 12.0. The van der Waals surface area contributed by atoms with Crippen molar-refractivity contribution >= 4 is 10.0 Å². The Morgan fingerprint density at radius 1 is 1.06 bits per heavy atom. The van der Waals surface area contributed by atoms with Crippen molar-refractivity contribution in [3.8, 4) is 34.6 Å². The second kappa shape index (κ2) is 8.23. The maximum Gasteiger partial charge on any atom is 0.416 e. The van der Waals surface area contributed by atoms with Crippen LogP contribution in [0.15, 0.2) is 70.2 Å². The number of rotatable bonds is 3. The molecule has 0 aliphatic heterocycles. The summed E-state index contributed by atoms with van der Waals surface area (Å²) in [7, 11) is -2.19. The van der Waals surface area contributed by atoms with Gasteiger partial charge < -0.3 is 4.52 Å². The second-order valence-electron chi connectivity index (χ2n) is 7.00. The van der Waals surface area contributed by atoms with Gasteiger partial charge in [-0.05, 0) is 30.3 Å². The summed E-state index contributed by atoms with van der Waals surface area (Å²) in [6.07, 6.45) is -2.92. The number of alkyl halides is 3. The van der Waals surface area contributed by atoms with E-state index in [4.69, 9.17) is 9.66 Å². The van der Waals surface area contributed by atoms with Gasteiger partial charge in [0, 0.05) is 24.2 Å². The quantitative estimate of drug-likeness (QED) is 0.457. The van der Waals surface area contributed by atoms with Crippen LogP contribution in [0.25, 0.3) is 22.7 Å².